The average molecular weight is 1100 g/mol. The Balaban J connectivity index is 2.09. The Kier molecular flexibility index (Phi) is 27.0. The molecule has 5 unspecified atom stereocenters. The highest BCUT2D eigenvalue weighted by Crippen LogP contribution is 2.34. The minimum Gasteiger partial charge on any atom is -0.394 e. The summed E-state index contributed by atoms with van der Waals surface area (Å²) in [5, 5.41) is 139. The van der Waals surface area contributed by atoms with Gasteiger partial charge in [0.2, 0.25) is 23.6 Å². The van der Waals surface area contributed by atoms with Crippen LogP contribution in [0, 0.1) is 5.41 Å². The quantitative estimate of drug-likeness (QED) is 0.0180. The molecule has 1 saturated carbocycles. The van der Waals surface area contributed by atoms with E-state index in [-0.39, 0.29) is 101 Å². The van der Waals surface area contributed by atoms with Gasteiger partial charge in [0.1, 0.15) is 79.4 Å². The maximum Gasteiger partial charge on any atom is 0.249 e. The van der Waals surface area contributed by atoms with Gasteiger partial charge in [-0.05, 0) is 57.8 Å². The van der Waals surface area contributed by atoms with Crippen LogP contribution in [-0.2, 0) is 38.1 Å². The lowest BCUT2D eigenvalue weighted by molar-refractivity contribution is -0.328. The van der Waals surface area contributed by atoms with Crippen molar-refractivity contribution in [1.82, 2.24) is 21.3 Å². The van der Waals surface area contributed by atoms with Crippen LogP contribution >= 0.6 is 0 Å². The molecule has 30 N–H and O–H groups in total. The molecule has 2 heterocycles. The van der Waals surface area contributed by atoms with Crippen molar-refractivity contribution in [3.8, 4) is 0 Å². The Morgan fingerprint density at radius 1 is 0.513 bits per heavy atom. The largest absolute Gasteiger partial charge is 0.394 e. The first-order chi connectivity index (χ1) is 35.8. The van der Waals surface area contributed by atoms with Gasteiger partial charge in [0.25, 0.3) is 0 Å². The Morgan fingerprint density at radius 3 is 1.13 bits per heavy atom. The topological polar surface area (TPSA) is 619 Å². The number of carbonyl (C=O) groups excluding carboxylic acids is 4. The van der Waals surface area contributed by atoms with Crippen LogP contribution in [0.5, 0.6) is 0 Å². The van der Waals surface area contributed by atoms with Crippen LogP contribution in [-0.4, -0.2) is 252 Å². The van der Waals surface area contributed by atoms with Crippen molar-refractivity contribution in [2.75, 3.05) is 32.8 Å². The highest BCUT2D eigenvalue weighted by atomic mass is 16.7. The van der Waals surface area contributed by atoms with Crippen molar-refractivity contribution in [3.05, 3.63) is 0 Å². The first-order valence-corrected chi connectivity index (χ1v) is 24.5. The van der Waals surface area contributed by atoms with Gasteiger partial charge in [-0.1, -0.05) is 0 Å². The summed E-state index contributed by atoms with van der Waals surface area (Å²) < 4.78 is 23.7. The molecule has 0 aromatic carbocycles. The summed E-state index contributed by atoms with van der Waals surface area (Å²) in [6.07, 6.45) is -29.7. The molecule has 1 aliphatic carbocycles. The number of nitrogens with two attached hydrogens (primary N) is 7. The van der Waals surface area contributed by atoms with Gasteiger partial charge in [0.05, 0.1) is 43.2 Å². The third-order valence-corrected chi connectivity index (χ3v) is 12.5. The van der Waals surface area contributed by atoms with Crippen LogP contribution in [0.2, 0.25) is 0 Å². The van der Waals surface area contributed by atoms with Crippen molar-refractivity contribution in [3.63, 3.8) is 0 Å². The zero-order valence-electron chi connectivity index (χ0n) is 41.6. The minimum absolute atomic E-state index is 0.00102. The minimum atomic E-state index is -2.23. The molecule has 436 valence electrons. The Morgan fingerprint density at radius 2 is 0.829 bits per heavy atom. The summed E-state index contributed by atoms with van der Waals surface area (Å²) in [6, 6.07) is -6.74. The SMILES string of the molecule is N=C(N)CCCC(O)C(=O)N[C@H]1C[C@@H](NC(=O)C(O)CCCN=C(N)N)[C@H](OC2O[C@H](CO)[C@@H](O)[C@H](NC(=O)C(O)CCCN=C(N)N)[C@H]2O)[C@@H](O)[C@@H]1O[C@H]1O[C@H](CO)[C@@H](O)[C@H](NC(=O)C(O)CCCN=C(N)N)[C@H]1O. The maximum atomic E-state index is 13.7. The molecule has 2 saturated heterocycles. The summed E-state index contributed by atoms with van der Waals surface area (Å²) in [5.74, 6) is -5.39. The second-order valence-corrected chi connectivity index (χ2v) is 18.5. The zero-order chi connectivity index (χ0) is 57.0. The van der Waals surface area contributed by atoms with Gasteiger partial charge >= 0.3 is 0 Å². The number of amides is 4. The van der Waals surface area contributed by atoms with Crippen molar-refractivity contribution in [1.29, 1.82) is 5.41 Å². The molecule has 0 aromatic rings. The normalized spacial score (nSPS) is 31.0. The van der Waals surface area contributed by atoms with Crippen molar-refractivity contribution < 1.29 is 94.3 Å². The Labute approximate surface area is 435 Å². The van der Waals surface area contributed by atoms with E-state index < -0.39 is 159 Å². The molecule has 76 heavy (non-hydrogen) atoms. The summed E-state index contributed by atoms with van der Waals surface area (Å²) >= 11 is 0. The standard InChI is InChI=1S/C42H79N15O19/c43-24(44)9-1-5-18(60)34(69)54-16-13-17(55-35(70)19(61)6-2-10-51-40(45)46)33(76-39-30(67)26(28(65)23(15-59)74-39)57-37(72)21(63)8-4-12-53-42(49)50)31(68)32(16)75-38-29(66)25(27(64)22(14-58)73-38)56-36(71)20(62)7-3-11-52-41(47)48/h16-23,25-33,38-39,58-68H,1-15H2,(H3,43,44)(H,54,69)(H,55,70)(H,56,71)(H,57,72)(H4,45,46,51)(H4,47,48,52)(H4,49,50,53)/t16-,17+,18?,19?,20?,21?,22+,23+,25-,26-,27+,28+,29+,30+,31-,32+,33-,38+,39?/m0/s1. The van der Waals surface area contributed by atoms with Gasteiger partial charge < -0.3 is 137 Å². The molecule has 0 radical (unpaired) electrons. The smallest absolute Gasteiger partial charge is 0.249 e. The van der Waals surface area contributed by atoms with Crippen LogP contribution in [0.1, 0.15) is 64.2 Å². The number of carbonyl (C=O) groups is 4. The molecule has 2 aliphatic heterocycles. The fourth-order valence-electron chi connectivity index (χ4n) is 8.46. The summed E-state index contributed by atoms with van der Waals surface area (Å²) in [4.78, 5) is 65.0. The molecular formula is C42H79N15O19. The number of ether oxygens (including phenoxy) is 4. The molecule has 3 aliphatic rings. The summed E-state index contributed by atoms with van der Waals surface area (Å²) in [7, 11) is 0. The maximum absolute atomic E-state index is 13.7. The zero-order valence-corrected chi connectivity index (χ0v) is 41.6. The van der Waals surface area contributed by atoms with Crippen LogP contribution in [0.3, 0.4) is 0 Å². The number of nitrogens with zero attached hydrogens (tertiary/aromatic N) is 3. The average Bonchev–Trinajstić information content (AvgIpc) is 3.35. The number of hydrogen-bond acceptors (Lipinski definition) is 23. The highest BCUT2D eigenvalue weighted by Gasteiger charge is 2.55. The number of aliphatic hydroxyl groups is 11. The molecule has 34 nitrogen and oxygen atoms in total. The third kappa shape index (κ3) is 19.8. The Bertz CT molecular complexity index is 1950. The van der Waals surface area contributed by atoms with E-state index in [1.807, 2.05) is 0 Å². The van der Waals surface area contributed by atoms with Gasteiger partial charge in [0.15, 0.2) is 30.5 Å². The fourth-order valence-corrected chi connectivity index (χ4v) is 8.46. The van der Waals surface area contributed by atoms with E-state index in [2.05, 4.69) is 36.2 Å². The predicted molar refractivity (Wildman–Crippen MR) is 263 cm³/mol. The first-order valence-electron chi connectivity index (χ1n) is 24.5. The molecule has 0 spiro atoms. The second kappa shape index (κ2) is 31.7. The molecule has 4 amide bonds. The van der Waals surface area contributed by atoms with E-state index in [9.17, 15) is 75.3 Å². The molecule has 3 rings (SSSR count). The van der Waals surface area contributed by atoms with E-state index in [0.717, 1.165) is 0 Å². The van der Waals surface area contributed by atoms with Crippen LogP contribution in [0.4, 0.5) is 0 Å². The number of guanidine groups is 3. The molecule has 34 heteroatoms. The number of rotatable bonds is 30. The fraction of sp³-hybridized carbons (Fsp3) is 0.810. The number of hydrogen-bond donors (Lipinski definition) is 23. The summed E-state index contributed by atoms with van der Waals surface area (Å²) in [5.41, 5.74) is 37.4. The first kappa shape index (κ1) is 64.8. The van der Waals surface area contributed by atoms with E-state index in [1.54, 1.807) is 0 Å². The van der Waals surface area contributed by atoms with Crippen molar-refractivity contribution in [2.24, 2.45) is 55.1 Å². The highest BCUT2D eigenvalue weighted by molar-refractivity contribution is 5.83. The molecule has 19 atom stereocenters. The van der Waals surface area contributed by atoms with E-state index in [1.165, 1.54) is 0 Å². The lowest BCUT2D eigenvalue weighted by Crippen LogP contribution is -2.71. The predicted octanol–water partition coefficient (Wildman–Crippen LogP) is -12.0. The van der Waals surface area contributed by atoms with E-state index in [0.29, 0.717) is 0 Å². The molecular weight excluding hydrogens is 1020 g/mol. The monoisotopic (exact) mass is 1100 g/mol. The van der Waals surface area contributed by atoms with Gasteiger partial charge in [-0.25, -0.2) is 0 Å². The number of nitrogens with one attached hydrogen (secondary N) is 5. The number of aliphatic hydroxyl groups excluding tert-OH is 11. The lowest BCUT2D eigenvalue weighted by Gasteiger charge is -2.50. The second-order valence-electron chi connectivity index (χ2n) is 18.5. The molecule has 0 bridgehead atoms. The van der Waals surface area contributed by atoms with Crippen molar-refractivity contribution in [2.45, 2.75) is 180 Å². The summed E-state index contributed by atoms with van der Waals surface area (Å²) in [6.45, 7) is -1.89. The van der Waals surface area contributed by atoms with Gasteiger partial charge in [-0.2, -0.15) is 0 Å². The third-order valence-electron chi connectivity index (χ3n) is 12.5. The molecule has 3 fully saturated rings. The van der Waals surface area contributed by atoms with Gasteiger partial charge in [-0.15, -0.1) is 0 Å². The Hall–Kier alpha value is -5.44. The van der Waals surface area contributed by atoms with Gasteiger partial charge in [-0.3, -0.25) is 39.6 Å². The number of aliphatic imine (C=N–C) groups is 3. The van der Waals surface area contributed by atoms with Crippen LogP contribution in [0.25, 0.3) is 0 Å². The van der Waals surface area contributed by atoms with Crippen LogP contribution in [0.15, 0.2) is 15.0 Å². The van der Waals surface area contributed by atoms with E-state index >= 15 is 0 Å². The number of amidine groups is 1. The van der Waals surface area contributed by atoms with Gasteiger partial charge in [0, 0.05) is 26.1 Å². The van der Waals surface area contributed by atoms with Crippen LogP contribution < -0.4 is 61.4 Å². The molecule has 0 aromatic heterocycles. The van der Waals surface area contributed by atoms with E-state index in [4.69, 9.17) is 64.5 Å². The van der Waals surface area contributed by atoms with Crippen molar-refractivity contribution >= 4 is 47.3 Å². The lowest BCUT2D eigenvalue weighted by atomic mass is 9.82.